The molecule has 4 heteroatoms. The second-order valence-corrected chi connectivity index (χ2v) is 5.64. The summed E-state index contributed by atoms with van der Waals surface area (Å²) < 4.78 is 2.03. The Morgan fingerprint density at radius 3 is 2.90 bits per heavy atom. The molecular weight excluding hydrogens is 250 g/mol. The van der Waals surface area contributed by atoms with Crippen LogP contribution in [0.2, 0.25) is 0 Å². The highest BCUT2D eigenvalue weighted by atomic mass is 16.1. The van der Waals surface area contributed by atoms with Crippen molar-refractivity contribution in [2.45, 2.75) is 38.1 Å². The Kier molecular flexibility index (Phi) is 3.34. The van der Waals surface area contributed by atoms with Crippen molar-refractivity contribution < 1.29 is 4.79 Å². The molecule has 1 aliphatic heterocycles. The molecule has 4 nitrogen and oxygen atoms in total. The molecule has 0 aliphatic carbocycles. The third kappa shape index (κ3) is 2.04. The molecule has 2 heterocycles. The van der Waals surface area contributed by atoms with Crippen molar-refractivity contribution in [2.75, 3.05) is 6.54 Å². The summed E-state index contributed by atoms with van der Waals surface area (Å²) in [6.45, 7) is 3.03. The summed E-state index contributed by atoms with van der Waals surface area (Å²) in [5.74, 6) is 1.13. The fourth-order valence-corrected chi connectivity index (χ4v) is 3.21. The Bertz CT molecular complexity index is 638. The van der Waals surface area contributed by atoms with Crippen LogP contribution in [0.1, 0.15) is 32.0 Å². The minimum atomic E-state index is -0.321. The average Bonchev–Trinajstić information content (AvgIpc) is 3.06. The normalized spacial score (nSPS) is 22.5. The van der Waals surface area contributed by atoms with E-state index in [2.05, 4.69) is 17.2 Å². The molecule has 1 aromatic carbocycles. The number of para-hydroxylation sites is 2. The lowest BCUT2D eigenvalue weighted by Gasteiger charge is -2.26. The van der Waals surface area contributed by atoms with E-state index in [0.717, 1.165) is 42.7 Å². The van der Waals surface area contributed by atoms with Crippen LogP contribution >= 0.6 is 0 Å². The minimum absolute atomic E-state index is 0.274. The van der Waals surface area contributed by atoms with E-state index >= 15 is 0 Å². The van der Waals surface area contributed by atoms with Crippen LogP contribution in [0.5, 0.6) is 0 Å². The van der Waals surface area contributed by atoms with Crippen LogP contribution in [-0.2, 0) is 18.3 Å². The molecule has 1 N–H and O–H groups in total. The SMILES string of the molecule is CCC1(C(=O)Cc2nc3ccccc3n2C)CCCN1. The van der Waals surface area contributed by atoms with Gasteiger partial charge in [0.25, 0.3) is 0 Å². The number of aromatic nitrogens is 2. The van der Waals surface area contributed by atoms with Gasteiger partial charge in [-0.25, -0.2) is 4.98 Å². The summed E-state index contributed by atoms with van der Waals surface area (Å²) in [5.41, 5.74) is 1.72. The Morgan fingerprint density at radius 1 is 1.45 bits per heavy atom. The van der Waals surface area contributed by atoms with Crippen molar-refractivity contribution in [1.82, 2.24) is 14.9 Å². The zero-order valence-corrected chi connectivity index (χ0v) is 12.1. The van der Waals surface area contributed by atoms with E-state index in [1.165, 1.54) is 0 Å². The number of ketones is 1. The van der Waals surface area contributed by atoms with Gasteiger partial charge < -0.3 is 9.88 Å². The lowest BCUT2D eigenvalue weighted by molar-refractivity contribution is -0.124. The Balaban J connectivity index is 1.89. The minimum Gasteiger partial charge on any atom is -0.331 e. The quantitative estimate of drug-likeness (QED) is 0.927. The summed E-state index contributed by atoms with van der Waals surface area (Å²) in [7, 11) is 1.98. The largest absolute Gasteiger partial charge is 0.331 e. The van der Waals surface area contributed by atoms with Crippen LogP contribution in [0.3, 0.4) is 0 Å². The van der Waals surface area contributed by atoms with Crippen LogP contribution in [0.25, 0.3) is 11.0 Å². The van der Waals surface area contributed by atoms with Gasteiger partial charge in [-0.15, -0.1) is 0 Å². The third-order valence-corrected chi connectivity index (χ3v) is 4.58. The van der Waals surface area contributed by atoms with Crippen LogP contribution < -0.4 is 5.32 Å². The number of carbonyl (C=O) groups excluding carboxylic acids is 1. The van der Waals surface area contributed by atoms with Crippen LogP contribution in [0.15, 0.2) is 24.3 Å². The Labute approximate surface area is 119 Å². The van der Waals surface area contributed by atoms with Gasteiger partial charge in [0.15, 0.2) is 5.78 Å². The number of rotatable bonds is 4. The Morgan fingerprint density at radius 2 is 2.25 bits per heavy atom. The van der Waals surface area contributed by atoms with Crippen LogP contribution in [-0.4, -0.2) is 27.4 Å². The maximum Gasteiger partial charge on any atom is 0.160 e. The molecule has 1 unspecified atom stereocenters. The van der Waals surface area contributed by atoms with Crippen molar-refractivity contribution in [3.63, 3.8) is 0 Å². The maximum atomic E-state index is 12.7. The van der Waals surface area contributed by atoms with Crippen molar-refractivity contribution in [1.29, 1.82) is 0 Å². The highest BCUT2D eigenvalue weighted by Crippen LogP contribution is 2.26. The highest BCUT2D eigenvalue weighted by molar-refractivity contribution is 5.90. The maximum absolute atomic E-state index is 12.7. The first-order valence-corrected chi connectivity index (χ1v) is 7.35. The van der Waals surface area contributed by atoms with E-state index in [-0.39, 0.29) is 11.3 Å². The highest BCUT2D eigenvalue weighted by Gasteiger charge is 2.38. The number of imidazole rings is 1. The summed E-state index contributed by atoms with van der Waals surface area (Å²) in [6, 6.07) is 8.01. The molecule has 3 rings (SSSR count). The van der Waals surface area contributed by atoms with Crippen molar-refractivity contribution >= 4 is 16.8 Å². The van der Waals surface area contributed by atoms with E-state index in [1.807, 2.05) is 35.9 Å². The second kappa shape index (κ2) is 5.02. The number of benzene rings is 1. The first kappa shape index (κ1) is 13.3. The summed E-state index contributed by atoms with van der Waals surface area (Å²) in [6.07, 6.45) is 3.30. The van der Waals surface area contributed by atoms with Gasteiger partial charge in [-0.3, -0.25) is 4.79 Å². The fourth-order valence-electron chi connectivity index (χ4n) is 3.21. The molecule has 0 saturated carbocycles. The van der Waals surface area contributed by atoms with E-state index in [4.69, 9.17) is 0 Å². The number of nitrogens with zero attached hydrogens (tertiary/aromatic N) is 2. The first-order chi connectivity index (χ1) is 9.66. The lowest BCUT2D eigenvalue weighted by atomic mass is 9.87. The number of carbonyl (C=O) groups is 1. The molecule has 1 fully saturated rings. The van der Waals surface area contributed by atoms with E-state index in [1.54, 1.807) is 0 Å². The van der Waals surface area contributed by atoms with E-state index in [0.29, 0.717) is 6.42 Å². The van der Waals surface area contributed by atoms with Gasteiger partial charge >= 0.3 is 0 Å². The summed E-state index contributed by atoms with van der Waals surface area (Å²) in [4.78, 5) is 17.3. The van der Waals surface area contributed by atoms with Gasteiger partial charge in [-0.05, 0) is 37.9 Å². The molecule has 20 heavy (non-hydrogen) atoms. The molecule has 0 bridgehead atoms. The van der Waals surface area contributed by atoms with Crippen molar-refractivity contribution in [2.24, 2.45) is 7.05 Å². The predicted molar refractivity (Wildman–Crippen MR) is 79.7 cm³/mol. The summed E-state index contributed by atoms with van der Waals surface area (Å²) in [5, 5.41) is 3.41. The molecule has 106 valence electrons. The van der Waals surface area contributed by atoms with E-state index < -0.39 is 0 Å². The molecule has 0 spiro atoms. The number of Topliss-reactive ketones (excluding diaryl/α,β-unsaturated/α-hetero) is 1. The Hall–Kier alpha value is -1.68. The third-order valence-electron chi connectivity index (χ3n) is 4.58. The predicted octanol–water partition coefficient (Wildman–Crippen LogP) is 2.22. The molecule has 1 atom stereocenters. The fraction of sp³-hybridized carbons (Fsp3) is 0.500. The van der Waals surface area contributed by atoms with Gasteiger partial charge in [0.1, 0.15) is 5.82 Å². The lowest BCUT2D eigenvalue weighted by Crippen LogP contribution is -2.48. The van der Waals surface area contributed by atoms with Crippen molar-refractivity contribution in [3.8, 4) is 0 Å². The molecule has 2 aromatic rings. The number of fused-ring (bicyclic) bond motifs is 1. The van der Waals surface area contributed by atoms with Crippen LogP contribution in [0.4, 0.5) is 0 Å². The van der Waals surface area contributed by atoms with Gasteiger partial charge in [0, 0.05) is 7.05 Å². The molecule has 0 radical (unpaired) electrons. The number of hydrogen-bond donors (Lipinski definition) is 1. The number of aryl methyl sites for hydroxylation is 1. The average molecular weight is 271 g/mol. The van der Waals surface area contributed by atoms with Crippen molar-refractivity contribution in [3.05, 3.63) is 30.1 Å². The van der Waals surface area contributed by atoms with Gasteiger partial charge in [0.05, 0.1) is 23.0 Å². The number of hydrogen-bond acceptors (Lipinski definition) is 3. The zero-order chi connectivity index (χ0) is 14.2. The molecule has 1 saturated heterocycles. The molecular formula is C16H21N3O. The standard InChI is InChI=1S/C16H21N3O/c1-3-16(9-6-10-17-16)14(20)11-15-18-12-7-4-5-8-13(12)19(15)2/h4-5,7-8,17H,3,6,9-11H2,1-2H3. The van der Waals surface area contributed by atoms with Gasteiger partial charge in [-0.1, -0.05) is 19.1 Å². The topological polar surface area (TPSA) is 46.9 Å². The zero-order valence-electron chi connectivity index (χ0n) is 12.1. The summed E-state index contributed by atoms with van der Waals surface area (Å²) >= 11 is 0. The smallest absolute Gasteiger partial charge is 0.160 e. The van der Waals surface area contributed by atoms with Gasteiger partial charge in [0.2, 0.25) is 0 Å². The van der Waals surface area contributed by atoms with Crippen LogP contribution in [0, 0.1) is 0 Å². The van der Waals surface area contributed by atoms with Gasteiger partial charge in [-0.2, -0.15) is 0 Å². The first-order valence-electron chi connectivity index (χ1n) is 7.35. The molecule has 1 aromatic heterocycles. The molecule has 0 amide bonds. The second-order valence-electron chi connectivity index (χ2n) is 5.64. The molecule has 1 aliphatic rings. The van der Waals surface area contributed by atoms with E-state index in [9.17, 15) is 4.79 Å². The number of nitrogens with one attached hydrogen (secondary N) is 1. The monoisotopic (exact) mass is 271 g/mol.